The first-order valence-corrected chi connectivity index (χ1v) is 11.9. The van der Waals surface area contributed by atoms with Crippen molar-refractivity contribution in [2.45, 2.75) is 24.0 Å². The highest BCUT2D eigenvalue weighted by Gasteiger charge is 2.32. The molecular formula is C21H23BrN2O3S2. The van der Waals surface area contributed by atoms with Crippen LogP contribution in [0.3, 0.4) is 0 Å². The van der Waals surface area contributed by atoms with Crippen molar-refractivity contribution in [1.82, 2.24) is 5.43 Å². The van der Waals surface area contributed by atoms with Gasteiger partial charge in [-0.15, -0.1) is 23.5 Å². The molecule has 8 heteroatoms. The lowest BCUT2D eigenvalue weighted by Gasteiger charge is -2.19. The normalized spacial score (nSPS) is 15.4. The Hall–Kier alpha value is -1.64. The molecule has 1 aliphatic rings. The molecule has 2 aromatic carbocycles. The average Bonchev–Trinajstić information content (AvgIpc) is 3.13. The highest BCUT2D eigenvalue weighted by atomic mass is 79.9. The van der Waals surface area contributed by atoms with Gasteiger partial charge in [0.15, 0.2) is 11.5 Å². The second-order valence-corrected chi connectivity index (χ2v) is 10.9. The molecule has 0 bridgehead atoms. The van der Waals surface area contributed by atoms with E-state index in [1.165, 1.54) is 0 Å². The van der Waals surface area contributed by atoms with E-state index in [0.717, 1.165) is 27.1 Å². The lowest BCUT2D eigenvalue weighted by Crippen LogP contribution is -2.26. The summed E-state index contributed by atoms with van der Waals surface area (Å²) in [5.74, 6) is 3.31. The topological polar surface area (TPSA) is 59.9 Å². The Bertz CT molecular complexity index is 872. The molecule has 1 heterocycles. The van der Waals surface area contributed by atoms with Crippen molar-refractivity contribution in [2.24, 2.45) is 5.10 Å². The molecule has 0 saturated carbocycles. The molecule has 0 spiro atoms. The zero-order valence-electron chi connectivity index (χ0n) is 16.3. The van der Waals surface area contributed by atoms with Gasteiger partial charge in [0.1, 0.15) is 6.61 Å². The van der Waals surface area contributed by atoms with Crippen LogP contribution < -0.4 is 14.9 Å². The van der Waals surface area contributed by atoms with Crippen LogP contribution >= 0.6 is 39.5 Å². The summed E-state index contributed by atoms with van der Waals surface area (Å²) >= 11 is 7.19. The zero-order chi connectivity index (χ0) is 20.7. The summed E-state index contributed by atoms with van der Waals surface area (Å²) in [6.45, 7) is 2.54. The summed E-state index contributed by atoms with van der Waals surface area (Å²) in [7, 11) is 1.59. The summed E-state index contributed by atoms with van der Waals surface area (Å²) in [5, 5.41) is 4.09. The number of nitrogens with zero attached hydrogens (tertiary/aromatic N) is 1. The van der Waals surface area contributed by atoms with Crippen molar-refractivity contribution in [3.05, 3.63) is 58.1 Å². The Morgan fingerprint density at radius 2 is 2.00 bits per heavy atom. The number of carbonyl (C=O) groups excluding carboxylic acids is 1. The third kappa shape index (κ3) is 6.42. The fourth-order valence-electron chi connectivity index (χ4n) is 2.85. The van der Waals surface area contributed by atoms with E-state index in [9.17, 15) is 4.79 Å². The molecule has 2 aromatic rings. The molecule has 1 N–H and O–H groups in total. The van der Waals surface area contributed by atoms with E-state index < -0.39 is 0 Å². The Labute approximate surface area is 188 Å². The van der Waals surface area contributed by atoms with Crippen LogP contribution in [0.5, 0.6) is 11.5 Å². The number of hydrogen-bond donors (Lipinski definition) is 1. The summed E-state index contributed by atoms with van der Waals surface area (Å²) in [6.07, 6.45) is 2.04. The number of methoxy groups -OCH3 is 1. The SMILES string of the molecule is COc1cc(/C=N/NC(=O)CC2(C)SCCS2)cc(Br)c1OCc1ccccc1. The van der Waals surface area contributed by atoms with E-state index in [4.69, 9.17) is 9.47 Å². The molecule has 5 nitrogen and oxygen atoms in total. The first-order chi connectivity index (χ1) is 14.0. The summed E-state index contributed by atoms with van der Waals surface area (Å²) in [4.78, 5) is 12.2. The van der Waals surface area contributed by atoms with Crippen LogP contribution in [0.1, 0.15) is 24.5 Å². The summed E-state index contributed by atoms with van der Waals surface area (Å²) in [6, 6.07) is 13.6. The van der Waals surface area contributed by atoms with E-state index in [0.29, 0.717) is 24.5 Å². The number of rotatable bonds is 8. The number of halogens is 1. The number of benzene rings is 2. The quantitative estimate of drug-likeness (QED) is 0.409. The van der Waals surface area contributed by atoms with Crippen molar-refractivity contribution >= 4 is 51.6 Å². The van der Waals surface area contributed by atoms with Gasteiger partial charge >= 0.3 is 0 Å². The molecule has 1 saturated heterocycles. The maximum Gasteiger partial charge on any atom is 0.242 e. The number of nitrogens with one attached hydrogen (secondary N) is 1. The van der Waals surface area contributed by atoms with Crippen LogP contribution in [-0.2, 0) is 11.4 Å². The molecule has 0 radical (unpaired) electrons. The Morgan fingerprint density at radius 1 is 1.28 bits per heavy atom. The fourth-order valence-corrected chi connectivity index (χ4v) is 6.26. The minimum Gasteiger partial charge on any atom is -0.493 e. The van der Waals surface area contributed by atoms with Gasteiger partial charge in [0, 0.05) is 11.5 Å². The number of hydrogen-bond acceptors (Lipinski definition) is 6. The van der Waals surface area contributed by atoms with E-state index in [1.807, 2.05) is 66.0 Å². The summed E-state index contributed by atoms with van der Waals surface area (Å²) in [5.41, 5.74) is 4.48. The minimum absolute atomic E-state index is 0.0520. The molecule has 1 aliphatic heterocycles. The molecule has 154 valence electrons. The number of hydrazone groups is 1. The highest BCUT2D eigenvalue weighted by molar-refractivity contribution is 9.10. The van der Waals surface area contributed by atoms with Gasteiger partial charge in [0.05, 0.1) is 28.3 Å². The smallest absolute Gasteiger partial charge is 0.242 e. The van der Waals surface area contributed by atoms with Crippen LogP contribution in [0.4, 0.5) is 0 Å². The minimum atomic E-state index is -0.0838. The predicted octanol–water partition coefficient (Wildman–Crippen LogP) is 5.07. The predicted molar refractivity (Wildman–Crippen MR) is 125 cm³/mol. The molecule has 1 amide bonds. The Kier molecular flexibility index (Phi) is 7.91. The van der Waals surface area contributed by atoms with Crippen LogP contribution in [0.15, 0.2) is 52.0 Å². The largest absolute Gasteiger partial charge is 0.493 e. The average molecular weight is 495 g/mol. The van der Waals surface area contributed by atoms with Gasteiger partial charge in [0.2, 0.25) is 5.91 Å². The van der Waals surface area contributed by atoms with Crippen molar-refractivity contribution in [2.75, 3.05) is 18.6 Å². The fraction of sp³-hybridized carbons (Fsp3) is 0.333. The number of ether oxygens (including phenoxy) is 2. The van der Waals surface area contributed by atoms with Crippen molar-refractivity contribution in [1.29, 1.82) is 0 Å². The van der Waals surface area contributed by atoms with E-state index in [-0.39, 0.29) is 9.99 Å². The van der Waals surface area contributed by atoms with E-state index >= 15 is 0 Å². The molecule has 1 fully saturated rings. The van der Waals surface area contributed by atoms with Gasteiger partial charge in [-0.05, 0) is 46.1 Å². The van der Waals surface area contributed by atoms with Crippen LogP contribution in [0, 0.1) is 0 Å². The zero-order valence-corrected chi connectivity index (χ0v) is 19.5. The van der Waals surface area contributed by atoms with Gasteiger partial charge in [-0.1, -0.05) is 30.3 Å². The molecule has 0 aliphatic carbocycles. The second-order valence-electron chi connectivity index (χ2n) is 6.61. The standard InChI is InChI=1S/C21H23BrN2O3S2/c1-21(28-8-9-29-21)12-19(25)24-23-13-16-10-17(22)20(18(11-16)26-2)27-14-15-6-4-3-5-7-15/h3-7,10-11,13H,8-9,12,14H2,1-2H3,(H,24,25)/b23-13+. The van der Waals surface area contributed by atoms with Crippen LogP contribution in [0.25, 0.3) is 0 Å². The first kappa shape index (κ1) is 22.1. The third-order valence-corrected chi connectivity index (χ3v) is 8.14. The molecule has 0 atom stereocenters. The lowest BCUT2D eigenvalue weighted by atomic mass is 10.2. The third-order valence-electron chi connectivity index (χ3n) is 4.26. The molecule has 0 unspecified atom stereocenters. The number of carbonyl (C=O) groups is 1. The summed E-state index contributed by atoms with van der Waals surface area (Å²) < 4.78 is 12.1. The van der Waals surface area contributed by atoms with Gasteiger partial charge in [-0.3, -0.25) is 4.79 Å². The number of amides is 1. The van der Waals surface area contributed by atoms with Crippen molar-refractivity contribution in [3.63, 3.8) is 0 Å². The van der Waals surface area contributed by atoms with E-state index in [2.05, 4.69) is 33.4 Å². The monoisotopic (exact) mass is 494 g/mol. The second kappa shape index (κ2) is 10.4. The van der Waals surface area contributed by atoms with Crippen LogP contribution in [-0.4, -0.2) is 34.8 Å². The van der Waals surface area contributed by atoms with Crippen LogP contribution in [0.2, 0.25) is 0 Å². The Morgan fingerprint density at radius 3 is 2.69 bits per heavy atom. The van der Waals surface area contributed by atoms with Gasteiger partial charge < -0.3 is 9.47 Å². The maximum atomic E-state index is 12.2. The molecule has 0 aromatic heterocycles. The van der Waals surface area contributed by atoms with Gasteiger partial charge in [-0.2, -0.15) is 5.10 Å². The first-order valence-electron chi connectivity index (χ1n) is 9.13. The van der Waals surface area contributed by atoms with Gasteiger partial charge in [0.25, 0.3) is 0 Å². The highest BCUT2D eigenvalue weighted by Crippen LogP contribution is 2.45. The van der Waals surface area contributed by atoms with Crippen molar-refractivity contribution in [3.8, 4) is 11.5 Å². The number of thioether (sulfide) groups is 2. The van der Waals surface area contributed by atoms with E-state index in [1.54, 1.807) is 13.3 Å². The maximum absolute atomic E-state index is 12.2. The molecule has 29 heavy (non-hydrogen) atoms. The van der Waals surface area contributed by atoms with Crippen molar-refractivity contribution < 1.29 is 14.3 Å². The van der Waals surface area contributed by atoms with Gasteiger partial charge in [-0.25, -0.2) is 5.43 Å². The lowest BCUT2D eigenvalue weighted by molar-refractivity contribution is -0.121. The Balaban J connectivity index is 1.61. The molecular weight excluding hydrogens is 472 g/mol. The molecule has 3 rings (SSSR count).